The Morgan fingerprint density at radius 2 is 1.84 bits per heavy atom. The van der Waals surface area contributed by atoms with Gasteiger partial charge in [0.15, 0.2) is 5.76 Å². The van der Waals surface area contributed by atoms with E-state index < -0.39 is 0 Å². The number of furan rings is 1. The van der Waals surface area contributed by atoms with Crippen molar-refractivity contribution in [1.29, 1.82) is 0 Å². The Morgan fingerprint density at radius 1 is 1.13 bits per heavy atom. The molecule has 1 fully saturated rings. The van der Waals surface area contributed by atoms with Crippen molar-refractivity contribution in [3.05, 3.63) is 52.4 Å². The van der Waals surface area contributed by atoms with E-state index in [0.717, 1.165) is 10.2 Å². The number of carbonyl (C=O) groups excluding carboxylic acids is 2. The normalized spacial score (nSPS) is 14.5. The molecular formula is C23H30BrN3O4. The minimum absolute atomic E-state index is 0.0862. The SMILES string of the molecule is CC(C)(C)c1ccc(OCCCNC(=O)N2CCN(C(=O)c3ccco3)CC2)c(Br)c1. The summed E-state index contributed by atoms with van der Waals surface area (Å²) < 4.78 is 11.9. The number of ether oxygens (including phenoxy) is 1. The topological polar surface area (TPSA) is 75.0 Å². The van der Waals surface area contributed by atoms with Gasteiger partial charge in [0, 0.05) is 32.7 Å². The van der Waals surface area contributed by atoms with Crippen molar-refractivity contribution >= 4 is 27.9 Å². The minimum atomic E-state index is -0.135. The average molecular weight is 492 g/mol. The summed E-state index contributed by atoms with van der Waals surface area (Å²) in [5.74, 6) is 0.998. The number of nitrogens with zero attached hydrogens (tertiary/aromatic N) is 2. The molecule has 168 valence electrons. The highest BCUT2D eigenvalue weighted by Crippen LogP contribution is 2.31. The molecule has 1 aromatic heterocycles. The number of benzene rings is 1. The fourth-order valence-corrected chi connectivity index (χ4v) is 3.81. The molecule has 7 nitrogen and oxygen atoms in total. The summed E-state index contributed by atoms with van der Waals surface area (Å²) in [5.41, 5.74) is 1.33. The van der Waals surface area contributed by atoms with Gasteiger partial charge in [0.2, 0.25) is 0 Å². The molecule has 0 bridgehead atoms. The largest absolute Gasteiger partial charge is 0.492 e. The van der Waals surface area contributed by atoms with Crippen LogP contribution in [0.4, 0.5) is 4.79 Å². The number of amides is 3. The van der Waals surface area contributed by atoms with E-state index in [-0.39, 0.29) is 17.4 Å². The lowest BCUT2D eigenvalue weighted by molar-refractivity contribution is 0.0634. The van der Waals surface area contributed by atoms with E-state index >= 15 is 0 Å². The number of halogens is 1. The standard InChI is InChI=1S/C23H30BrN3O4/c1-23(2,3)17-7-8-19(18(24)16-17)30-15-5-9-25-22(29)27-12-10-26(11-13-27)21(28)20-6-4-14-31-20/h4,6-8,14,16H,5,9-13,15H2,1-3H3,(H,25,29). The van der Waals surface area contributed by atoms with E-state index in [1.54, 1.807) is 21.9 Å². The first kappa shape index (κ1) is 23.2. The third-order valence-corrected chi connectivity index (χ3v) is 5.86. The summed E-state index contributed by atoms with van der Waals surface area (Å²) in [5, 5.41) is 2.93. The van der Waals surface area contributed by atoms with Gasteiger partial charge in [-0.25, -0.2) is 4.79 Å². The fourth-order valence-electron chi connectivity index (χ4n) is 3.31. The minimum Gasteiger partial charge on any atom is -0.492 e. The molecule has 1 N–H and O–H groups in total. The molecule has 0 unspecified atom stereocenters. The molecule has 0 spiro atoms. The van der Waals surface area contributed by atoms with Crippen LogP contribution < -0.4 is 10.1 Å². The number of hydrogen-bond acceptors (Lipinski definition) is 4. The first-order chi connectivity index (χ1) is 14.8. The maximum absolute atomic E-state index is 12.4. The van der Waals surface area contributed by atoms with Crippen molar-refractivity contribution in [2.45, 2.75) is 32.6 Å². The first-order valence-electron chi connectivity index (χ1n) is 10.5. The zero-order valence-corrected chi connectivity index (χ0v) is 19.9. The Hall–Kier alpha value is -2.48. The molecule has 3 rings (SSSR count). The molecule has 31 heavy (non-hydrogen) atoms. The van der Waals surface area contributed by atoms with Gasteiger partial charge < -0.3 is 24.3 Å². The van der Waals surface area contributed by atoms with Crippen LogP contribution in [0.15, 0.2) is 45.5 Å². The predicted molar refractivity (Wildman–Crippen MR) is 123 cm³/mol. The molecule has 1 aromatic carbocycles. The number of urea groups is 1. The summed E-state index contributed by atoms with van der Waals surface area (Å²) in [6.07, 6.45) is 2.19. The van der Waals surface area contributed by atoms with E-state index in [0.29, 0.717) is 51.5 Å². The molecule has 1 aliphatic rings. The molecule has 2 heterocycles. The van der Waals surface area contributed by atoms with Crippen molar-refractivity contribution in [2.24, 2.45) is 0 Å². The molecule has 3 amide bonds. The third kappa shape index (κ3) is 6.26. The highest BCUT2D eigenvalue weighted by atomic mass is 79.9. The first-order valence-corrected chi connectivity index (χ1v) is 11.3. The highest BCUT2D eigenvalue weighted by Gasteiger charge is 2.25. The van der Waals surface area contributed by atoms with Crippen molar-refractivity contribution in [3.8, 4) is 5.75 Å². The molecule has 0 radical (unpaired) electrons. The van der Waals surface area contributed by atoms with Gasteiger partial charge in [-0.2, -0.15) is 0 Å². The second-order valence-corrected chi connectivity index (χ2v) is 9.44. The maximum Gasteiger partial charge on any atom is 0.317 e. The average Bonchev–Trinajstić information content (AvgIpc) is 3.28. The van der Waals surface area contributed by atoms with Gasteiger partial charge in [-0.1, -0.05) is 26.8 Å². The lowest BCUT2D eigenvalue weighted by atomic mass is 9.87. The van der Waals surface area contributed by atoms with Crippen molar-refractivity contribution < 1.29 is 18.7 Å². The van der Waals surface area contributed by atoms with Crippen LogP contribution in [-0.2, 0) is 5.41 Å². The van der Waals surface area contributed by atoms with E-state index in [1.165, 1.54) is 11.8 Å². The monoisotopic (exact) mass is 491 g/mol. The van der Waals surface area contributed by atoms with Gasteiger partial charge in [-0.3, -0.25) is 4.79 Å². The number of hydrogen-bond donors (Lipinski definition) is 1. The third-order valence-electron chi connectivity index (χ3n) is 5.24. The van der Waals surface area contributed by atoms with Gasteiger partial charge in [0.25, 0.3) is 5.91 Å². The Morgan fingerprint density at radius 3 is 2.45 bits per heavy atom. The number of nitrogens with one attached hydrogen (secondary N) is 1. The van der Waals surface area contributed by atoms with Crippen LogP contribution in [0.2, 0.25) is 0 Å². The number of piperazine rings is 1. The highest BCUT2D eigenvalue weighted by molar-refractivity contribution is 9.10. The van der Waals surface area contributed by atoms with Gasteiger partial charge in [0.1, 0.15) is 5.75 Å². The van der Waals surface area contributed by atoms with Crippen LogP contribution in [0.1, 0.15) is 43.3 Å². The zero-order valence-electron chi connectivity index (χ0n) is 18.3. The van der Waals surface area contributed by atoms with E-state index in [2.05, 4.69) is 54.2 Å². The van der Waals surface area contributed by atoms with Gasteiger partial charge in [0.05, 0.1) is 17.3 Å². The second kappa shape index (κ2) is 10.2. The molecule has 1 saturated heterocycles. The van der Waals surface area contributed by atoms with Crippen LogP contribution >= 0.6 is 15.9 Å². The van der Waals surface area contributed by atoms with E-state index in [1.807, 2.05) is 6.07 Å². The van der Waals surface area contributed by atoms with Crippen molar-refractivity contribution in [2.75, 3.05) is 39.3 Å². The molecule has 1 aliphatic heterocycles. The van der Waals surface area contributed by atoms with E-state index in [4.69, 9.17) is 9.15 Å². The second-order valence-electron chi connectivity index (χ2n) is 8.59. The smallest absolute Gasteiger partial charge is 0.317 e. The van der Waals surface area contributed by atoms with Crippen molar-refractivity contribution in [1.82, 2.24) is 15.1 Å². The fraction of sp³-hybridized carbons (Fsp3) is 0.478. The summed E-state index contributed by atoms with van der Waals surface area (Å²) in [6, 6.07) is 9.39. The molecule has 0 atom stereocenters. The van der Waals surface area contributed by atoms with Crippen LogP contribution in [-0.4, -0.2) is 61.1 Å². The van der Waals surface area contributed by atoms with Gasteiger partial charge in [-0.05, 0) is 57.6 Å². The Balaban J connectivity index is 1.34. The van der Waals surface area contributed by atoms with E-state index in [9.17, 15) is 9.59 Å². The van der Waals surface area contributed by atoms with Gasteiger partial charge in [-0.15, -0.1) is 0 Å². The van der Waals surface area contributed by atoms with Gasteiger partial charge >= 0.3 is 6.03 Å². The lowest BCUT2D eigenvalue weighted by Crippen LogP contribution is -2.53. The van der Waals surface area contributed by atoms with Crippen LogP contribution in [0.25, 0.3) is 0 Å². The summed E-state index contributed by atoms with van der Waals surface area (Å²) in [7, 11) is 0. The van der Waals surface area contributed by atoms with Crippen LogP contribution in [0, 0.1) is 0 Å². The Bertz CT molecular complexity index is 885. The summed E-state index contributed by atoms with van der Waals surface area (Å²) in [6.45, 7) is 9.56. The predicted octanol–water partition coefficient (Wildman–Crippen LogP) is 4.28. The van der Waals surface area contributed by atoms with Crippen molar-refractivity contribution in [3.63, 3.8) is 0 Å². The quantitative estimate of drug-likeness (QED) is 0.612. The molecule has 0 aliphatic carbocycles. The van der Waals surface area contributed by atoms with Crippen LogP contribution in [0.5, 0.6) is 5.75 Å². The molecular weight excluding hydrogens is 462 g/mol. The maximum atomic E-state index is 12.4. The lowest BCUT2D eigenvalue weighted by Gasteiger charge is -2.34. The molecule has 8 heteroatoms. The number of rotatable bonds is 6. The van der Waals surface area contributed by atoms with Crippen LogP contribution in [0.3, 0.4) is 0 Å². The number of carbonyl (C=O) groups is 2. The molecule has 2 aromatic rings. The molecule has 0 saturated carbocycles. The zero-order chi connectivity index (χ0) is 22.4. The Labute approximate surface area is 191 Å². The summed E-state index contributed by atoms with van der Waals surface area (Å²) in [4.78, 5) is 28.1. The summed E-state index contributed by atoms with van der Waals surface area (Å²) >= 11 is 3.58. The Kier molecular flexibility index (Phi) is 7.64.